The summed E-state index contributed by atoms with van der Waals surface area (Å²) in [4.78, 5) is 12.6. The summed E-state index contributed by atoms with van der Waals surface area (Å²) in [5, 5.41) is 40.8. The maximum atomic E-state index is 11.5. The average Bonchev–Trinajstić information content (AvgIpc) is 2.95. The van der Waals surface area contributed by atoms with Gasteiger partial charge in [0.15, 0.2) is 5.75 Å². The van der Waals surface area contributed by atoms with Gasteiger partial charge in [-0.2, -0.15) is 20.1 Å². The van der Waals surface area contributed by atoms with Crippen LogP contribution < -0.4 is 10.6 Å². The first-order chi connectivity index (χ1) is 20.7. The summed E-state index contributed by atoms with van der Waals surface area (Å²) in [6.07, 6.45) is 0. The van der Waals surface area contributed by atoms with Gasteiger partial charge in [0.2, 0.25) is 11.9 Å². The Kier molecular flexibility index (Phi) is 7.07. The zero-order valence-electron chi connectivity index (χ0n) is 24.6. The van der Waals surface area contributed by atoms with E-state index in [1.165, 1.54) is 0 Å². The van der Waals surface area contributed by atoms with Gasteiger partial charge in [-0.1, -0.05) is 54.1 Å². The fourth-order valence-electron chi connectivity index (χ4n) is 5.32. The second-order valence-corrected chi connectivity index (χ2v) is 10.8. The number of nitrogens with one attached hydrogen (secondary N) is 2. The van der Waals surface area contributed by atoms with Gasteiger partial charge in [-0.3, -0.25) is 0 Å². The highest BCUT2D eigenvalue weighted by Gasteiger charge is 2.17. The maximum absolute atomic E-state index is 11.5. The Morgan fingerprint density at radius 2 is 1.37 bits per heavy atom. The van der Waals surface area contributed by atoms with E-state index in [4.69, 9.17) is 0 Å². The minimum Gasteiger partial charge on any atom is -0.505 e. The van der Waals surface area contributed by atoms with E-state index in [0.717, 1.165) is 55.4 Å². The molecule has 0 aliphatic rings. The molecule has 1 heterocycles. The molecule has 0 fully saturated rings. The number of fused-ring (bicyclic) bond motifs is 2. The third-order valence-corrected chi connectivity index (χ3v) is 7.45. The molecule has 0 aliphatic heterocycles. The van der Waals surface area contributed by atoms with Gasteiger partial charge in [0, 0.05) is 11.1 Å². The minimum atomic E-state index is -0.443. The van der Waals surface area contributed by atoms with Crippen molar-refractivity contribution in [1.82, 2.24) is 15.0 Å². The molecule has 0 bridgehead atoms. The van der Waals surface area contributed by atoms with E-state index >= 15 is 0 Å². The standard InChI is InChI=1S/C34H31N7O2/c1-18-10-12-26(20(3)14-18)35-32-37-33(39-34(43)38-32)36-28-16-19(2)15-24-17-21(4)30(31(42)29(24)28)41-40-27-13-11-23-8-6-7-9-25(23)22(27)5/h6-17,42H,1-5H3,(H3,35,36,37,38,39,43). The predicted molar refractivity (Wildman–Crippen MR) is 172 cm³/mol. The second kappa shape index (κ2) is 11.0. The van der Waals surface area contributed by atoms with Crippen LogP contribution in [0.15, 0.2) is 83.0 Å². The summed E-state index contributed by atoms with van der Waals surface area (Å²) in [5.74, 6) is 0.271. The molecule has 9 heteroatoms. The third kappa shape index (κ3) is 5.52. The van der Waals surface area contributed by atoms with Gasteiger partial charge in [-0.25, -0.2) is 0 Å². The van der Waals surface area contributed by atoms with E-state index < -0.39 is 6.01 Å². The topological polar surface area (TPSA) is 128 Å². The molecule has 0 amide bonds. The summed E-state index contributed by atoms with van der Waals surface area (Å²) >= 11 is 0. The summed E-state index contributed by atoms with van der Waals surface area (Å²) in [6.45, 7) is 9.88. The number of anilines is 4. The van der Waals surface area contributed by atoms with Gasteiger partial charge in [-0.15, -0.1) is 5.11 Å². The molecule has 0 saturated carbocycles. The zero-order valence-corrected chi connectivity index (χ0v) is 24.6. The molecular formula is C34H31N7O2. The first-order valence-corrected chi connectivity index (χ1v) is 13.9. The molecule has 6 rings (SSSR count). The molecule has 4 N–H and O–H groups in total. The van der Waals surface area contributed by atoms with Crippen LogP contribution in [0.2, 0.25) is 0 Å². The first-order valence-electron chi connectivity index (χ1n) is 13.9. The number of nitrogens with zero attached hydrogens (tertiary/aromatic N) is 5. The number of hydrogen-bond donors (Lipinski definition) is 4. The van der Waals surface area contributed by atoms with Crippen LogP contribution in [0.25, 0.3) is 21.5 Å². The van der Waals surface area contributed by atoms with Crippen molar-refractivity contribution < 1.29 is 10.2 Å². The van der Waals surface area contributed by atoms with Crippen LogP contribution in [0.5, 0.6) is 11.8 Å². The number of phenols is 1. The van der Waals surface area contributed by atoms with Crippen molar-refractivity contribution in [2.75, 3.05) is 10.6 Å². The van der Waals surface area contributed by atoms with Crippen LogP contribution in [0, 0.1) is 34.6 Å². The largest absolute Gasteiger partial charge is 0.505 e. The molecule has 0 radical (unpaired) electrons. The summed E-state index contributed by atoms with van der Waals surface area (Å²) in [6, 6.07) is 23.4. The Morgan fingerprint density at radius 3 is 2.14 bits per heavy atom. The Balaban J connectivity index is 1.39. The highest BCUT2D eigenvalue weighted by Crippen LogP contribution is 2.43. The Hall–Kier alpha value is -5.57. The van der Waals surface area contributed by atoms with E-state index in [0.29, 0.717) is 16.8 Å². The quantitative estimate of drug-likeness (QED) is 0.147. The van der Waals surface area contributed by atoms with Crippen molar-refractivity contribution in [1.29, 1.82) is 0 Å². The lowest BCUT2D eigenvalue weighted by Crippen LogP contribution is -2.05. The molecule has 43 heavy (non-hydrogen) atoms. The number of aryl methyl sites for hydroxylation is 5. The number of phenolic OH excluding ortho intramolecular Hbond substituents is 1. The van der Waals surface area contributed by atoms with E-state index in [1.807, 2.05) is 95.3 Å². The van der Waals surface area contributed by atoms with Crippen LogP contribution in [-0.4, -0.2) is 25.2 Å². The van der Waals surface area contributed by atoms with Crippen LogP contribution in [0.1, 0.15) is 27.8 Å². The summed E-state index contributed by atoms with van der Waals surface area (Å²) in [7, 11) is 0. The van der Waals surface area contributed by atoms with E-state index in [2.05, 4.69) is 47.9 Å². The number of rotatable bonds is 6. The van der Waals surface area contributed by atoms with Gasteiger partial charge >= 0.3 is 6.01 Å². The molecule has 1 aromatic heterocycles. The fourth-order valence-corrected chi connectivity index (χ4v) is 5.32. The zero-order chi connectivity index (χ0) is 30.2. The summed E-state index contributed by atoms with van der Waals surface area (Å²) < 4.78 is 0. The van der Waals surface area contributed by atoms with Gasteiger partial charge in [-0.05, 0) is 97.3 Å². The van der Waals surface area contributed by atoms with Crippen LogP contribution >= 0.6 is 0 Å². The van der Waals surface area contributed by atoms with Crippen LogP contribution in [-0.2, 0) is 0 Å². The number of benzene rings is 5. The lowest BCUT2D eigenvalue weighted by atomic mass is 10.0. The van der Waals surface area contributed by atoms with Crippen LogP contribution in [0.4, 0.5) is 34.6 Å². The lowest BCUT2D eigenvalue weighted by molar-refractivity contribution is 0.430. The fraction of sp³-hybridized carbons (Fsp3) is 0.147. The number of aromatic nitrogens is 3. The smallest absolute Gasteiger partial charge is 0.320 e. The Morgan fingerprint density at radius 1 is 0.628 bits per heavy atom. The Bertz CT molecular complexity index is 2070. The van der Waals surface area contributed by atoms with Crippen molar-refractivity contribution >= 4 is 56.2 Å². The molecule has 9 nitrogen and oxygen atoms in total. The molecule has 214 valence electrons. The normalized spacial score (nSPS) is 11.5. The van der Waals surface area contributed by atoms with Crippen molar-refractivity contribution in [3.63, 3.8) is 0 Å². The van der Waals surface area contributed by atoms with Gasteiger partial charge in [0.05, 0.1) is 11.4 Å². The molecule has 0 unspecified atom stereocenters. The summed E-state index contributed by atoms with van der Waals surface area (Å²) in [5.41, 5.74) is 7.35. The maximum Gasteiger partial charge on any atom is 0.320 e. The van der Waals surface area contributed by atoms with E-state index in [-0.39, 0.29) is 17.6 Å². The SMILES string of the molecule is Cc1ccc(Nc2nc(O)nc(Nc3cc(C)cc4cc(C)c(N=Nc5ccc6ccccc6c5C)c(O)c34)n2)c(C)c1. The van der Waals surface area contributed by atoms with Crippen molar-refractivity contribution in [2.24, 2.45) is 10.2 Å². The lowest BCUT2D eigenvalue weighted by Gasteiger charge is -2.15. The van der Waals surface area contributed by atoms with Gasteiger partial charge < -0.3 is 20.8 Å². The average molecular weight is 570 g/mol. The number of hydrogen-bond acceptors (Lipinski definition) is 9. The van der Waals surface area contributed by atoms with Crippen molar-refractivity contribution in [3.05, 3.63) is 101 Å². The minimum absolute atomic E-state index is 0.0217. The number of aromatic hydroxyl groups is 2. The van der Waals surface area contributed by atoms with Gasteiger partial charge in [0.1, 0.15) is 5.69 Å². The molecule has 0 atom stereocenters. The highest BCUT2D eigenvalue weighted by atomic mass is 16.3. The van der Waals surface area contributed by atoms with Crippen molar-refractivity contribution in [2.45, 2.75) is 34.6 Å². The molecule has 5 aromatic carbocycles. The molecule has 0 saturated heterocycles. The van der Waals surface area contributed by atoms with Crippen molar-refractivity contribution in [3.8, 4) is 11.8 Å². The monoisotopic (exact) mass is 569 g/mol. The number of azo groups is 1. The molecule has 6 aromatic rings. The highest BCUT2D eigenvalue weighted by molar-refractivity contribution is 6.03. The van der Waals surface area contributed by atoms with E-state index in [1.54, 1.807) is 0 Å². The first kappa shape index (κ1) is 27.6. The molecule has 0 spiro atoms. The molecule has 0 aliphatic carbocycles. The van der Waals surface area contributed by atoms with Gasteiger partial charge in [0.25, 0.3) is 0 Å². The van der Waals surface area contributed by atoms with E-state index in [9.17, 15) is 10.2 Å². The second-order valence-electron chi connectivity index (χ2n) is 10.8. The molecular weight excluding hydrogens is 538 g/mol. The predicted octanol–water partition coefficient (Wildman–Crippen LogP) is 9.03. The van der Waals surface area contributed by atoms with Crippen LogP contribution in [0.3, 0.4) is 0 Å². The third-order valence-electron chi connectivity index (χ3n) is 7.45. The Labute approximate surface area is 249 Å².